The van der Waals surface area contributed by atoms with Gasteiger partial charge in [-0.25, -0.2) is 4.98 Å². The van der Waals surface area contributed by atoms with Gasteiger partial charge in [-0.05, 0) is 18.6 Å². The second-order valence-electron chi connectivity index (χ2n) is 5.08. The Hall–Kier alpha value is -2.14. The van der Waals surface area contributed by atoms with Gasteiger partial charge in [0.15, 0.2) is 0 Å². The summed E-state index contributed by atoms with van der Waals surface area (Å²) in [6, 6.07) is 8.81. The number of nitrogens with zero attached hydrogens (tertiary/aromatic N) is 2. The van der Waals surface area contributed by atoms with Crippen LogP contribution in [0.2, 0.25) is 5.15 Å². The monoisotopic (exact) mass is 304 g/mol. The summed E-state index contributed by atoms with van der Waals surface area (Å²) in [5.74, 6) is -1.54. The molecule has 1 aromatic carbocycles. The first-order valence-corrected chi connectivity index (χ1v) is 7.01. The van der Waals surface area contributed by atoms with E-state index in [-0.39, 0.29) is 17.6 Å². The van der Waals surface area contributed by atoms with Gasteiger partial charge in [0.2, 0.25) is 0 Å². The fourth-order valence-electron chi connectivity index (χ4n) is 2.64. The van der Waals surface area contributed by atoms with Crippen LogP contribution in [0.3, 0.4) is 0 Å². The zero-order chi connectivity index (χ0) is 15.0. The summed E-state index contributed by atoms with van der Waals surface area (Å²) in [6.07, 6.45) is 0.484. The number of benzene rings is 1. The zero-order valence-electron chi connectivity index (χ0n) is 11.1. The highest BCUT2D eigenvalue weighted by Gasteiger charge is 2.32. The molecule has 0 bridgehead atoms. The highest BCUT2D eigenvalue weighted by Crippen LogP contribution is 2.25. The molecule has 2 heterocycles. The minimum absolute atomic E-state index is 0.195. The Morgan fingerprint density at radius 1 is 1.33 bits per heavy atom. The number of carboxylic acids is 1. The fourth-order valence-corrected chi connectivity index (χ4v) is 2.84. The Morgan fingerprint density at radius 3 is 2.81 bits per heavy atom. The van der Waals surface area contributed by atoms with Gasteiger partial charge in [-0.15, -0.1) is 0 Å². The van der Waals surface area contributed by atoms with E-state index in [0.717, 1.165) is 5.39 Å². The van der Waals surface area contributed by atoms with Crippen LogP contribution in [0, 0.1) is 5.92 Å². The molecule has 6 heteroatoms. The first-order valence-electron chi connectivity index (χ1n) is 6.63. The Kier molecular flexibility index (Phi) is 3.51. The topological polar surface area (TPSA) is 70.5 Å². The second kappa shape index (κ2) is 5.33. The van der Waals surface area contributed by atoms with Gasteiger partial charge in [0.25, 0.3) is 5.91 Å². The summed E-state index contributed by atoms with van der Waals surface area (Å²) < 4.78 is 0. The van der Waals surface area contributed by atoms with Crippen molar-refractivity contribution in [3.63, 3.8) is 0 Å². The molecule has 2 aromatic rings. The maximum atomic E-state index is 12.6. The minimum atomic E-state index is -0.858. The normalized spacial score (nSPS) is 18.1. The van der Waals surface area contributed by atoms with E-state index in [1.165, 1.54) is 0 Å². The Bertz CT molecular complexity index is 732. The molecule has 1 aliphatic rings. The van der Waals surface area contributed by atoms with Gasteiger partial charge in [0.05, 0.1) is 17.0 Å². The highest BCUT2D eigenvalue weighted by molar-refractivity contribution is 6.30. The number of aromatic nitrogens is 1. The predicted molar refractivity (Wildman–Crippen MR) is 78.4 cm³/mol. The standard InChI is InChI=1S/C15H13ClN2O3/c16-13-7-11(10-3-1-2-4-12(10)17-13)14(19)18-6-5-9(8-18)15(20)21/h1-4,7,9H,5-6,8H2,(H,20,21). The average molecular weight is 305 g/mol. The molecule has 1 N–H and O–H groups in total. The molecule has 3 rings (SSSR count). The Morgan fingerprint density at radius 2 is 2.10 bits per heavy atom. The SMILES string of the molecule is O=C(O)C1CCN(C(=O)c2cc(Cl)nc3ccccc23)C1. The number of pyridine rings is 1. The second-order valence-corrected chi connectivity index (χ2v) is 5.47. The Labute approximate surface area is 126 Å². The minimum Gasteiger partial charge on any atom is -0.481 e. The molecular formula is C15H13ClN2O3. The molecule has 1 saturated heterocycles. The van der Waals surface area contributed by atoms with Crippen LogP contribution in [0.1, 0.15) is 16.8 Å². The molecule has 1 atom stereocenters. The van der Waals surface area contributed by atoms with Crippen molar-refractivity contribution >= 4 is 34.4 Å². The van der Waals surface area contributed by atoms with Gasteiger partial charge in [-0.1, -0.05) is 29.8 Å². The lowest BCUT2D eigenvalue weighted by atomic mass is 10.1. The van der Waals surface area contributed by atoms with Gasteiger partial charge in [-0.2, -0.15) is 0 Å². The van der Waals surface area contributed by atoms with Gasteiger partial charge >= 0.3 is 5.97 Å². The van der Waals surface area contributed by atoms with Gasteiger partial charge < -0.3 is 10.0 Å². The number of para-hydroxylation sites is 1. The van der Waals surface area contributed by atoms with Crippen LogP contribution >= 0.6 is 11.6 Å². The van der Waals surface area contributed by atoms with Crippen molar-refractivity contribution in [3.8, 4) is 0 Å². The lowest BCUT2D eigenvalue weighted by Crippen LogP contribution is -2.30. The lowest BCUT2D eigenvalue weighted by molar-refractivity contribution is -0.141. The number of carbonyl (C=O) groups is 2. The third-order valence-electron chi connectivity index (χ3n) is 3.74. The number of rotatable bonds is 2. The van der Waals surface area contributed by atoms with E-state index in [1.54, 1.807) is 17.0 Å². The number of amides is 1. The third-order valence-corrected chi connectivity index (χ3v) is 3.93. The van der Waals surface area contributed by atoms with Crippen LogP contribution < -0.4 is 0 Å². The van der Waals surface area contributed by atoms with E-state index in [2.05, 4.69) is 4.98 Å². The number of halogens is 1. The molecule has 21 heavy (non-hydrogen) atoms. The molecule has 1 fully saturated rings. The highest BCUT2D eigenvalue weighted by atomic mass is 35.5. The van der Waals surface area contributed by atoms with Crippen LogP contribution in [0.25, 0.3) is 10.9 Å². The van der Waals surface area contributed by atoms with Crippen LogP contribution in [-0.4, -0.2) is 40.0 Å². The molecule has 5 nitrogen and oxygen atoms in total. The smallest absolute Gasteiger partial charge is 0.308 e. The van der Waals surface area contributed by atoms with Crippen molar-refractivity contribution in [2.75, 3.05) is 13.1 Å². The largest absolute Gasteiger partial charge is 0.481 e. The van der Waals surface area contributed by atoms with E-state index in [0.29, 0.717) is 24.0 Å². The summed E-state index contributed by atoms with van der Waals surface area (Å²) >= 11 is 5.98. The molecule has 1 amide bonds. The lowest BCUT2D eigenvalue weighted by Gasteiger charge is -2.17. The van der Waals surface area contributed by atoms with Crippen molar-refractivity contribution in [2.45, 2.75) is 6.42 Å². The summed E-state index contributed by atoms with van der Waals surface area (Å²) in [7, 11) is 0. The van der Waals surface area contributed by atoms with Crippen molar-refractivity contribution in [2.24, 2.45) is 5.92 Å². The van der Waals surface area contributed by atoms with Crippen molar-refractivity contribution in [3.05, 3.63) is 41.0 Å². The number of hydrogen-bond donors (Lipinski definition) is 1. The first kappa shape index (κ1) is 13.8. The van der Waals surface area contributed by atoms with E-state index in [9.17, 15) is 9.59 Å². The number of likely N-dealkylation sites (tertiary alicyclic amines) is 1. The maximum absolute atomic E-state index is 12.6. The van der Waals surface area contributed by atoms with Crippen LogP contribution in [0.5, 0.6) is 0 Å². The molecule has 1 unspecified atom stereocenters. The number of carboxylic acid groups (broad SMARTS) is 1. The van der Waals surface area contributed by atoms with Crippen LogP contribution in [0.15, 0.2) is 30.3 Å². The molecule has 0 saturated carbocycles. The number of aliphatic carboxylic acids is 1. The molecule has 1 aliphatic heterocycles. The number of carbonyl (C=O) groups excluding carboxylic acids is 1. The molecule has 108 valence electrons. The van der Waals surface area contributed by atoms with Gasteiger partial charge in [0.1, 0.15) is 5.15 Å². The molecule has 0 aliphatic carbocycles. The van der Waals surface area contributed by atoms with Crippen molar-refractivity contribution in [1.82, 2.24) is 9.88 Å². The maximum Gasteiger partial charge on any atom is 0.308 e. The first-order chi connectivity index (χ1) is 10.1. The van der Waals surface area contributed by atoms with Gasteiger partial charge in [-0.3, -0.25) is 9.59 Å². The number of hydrogen-bond acceptors (Lipinski definition) is 3. The summed E-state index contributed by atoms with van der Waals surface area (Å²) in [4.78, 5) is 29.4. The predicted octanol–water partition coefficient (Wildman–Crippen LogP) is 2.43. The number of fused-ring (bicyclic) bond motifs is 1. The molecular weight excluding hydrogens is 292 g/mol. The summed E-state index contributed by atoms with van der Waals surface area (Å²) in [5.41, 5.74) is 1.12. The quantitative estimate of drug-likeness (QED) is 0.865. The third kappa shape index (κ3) is 2.56. The van der Waals surface area contributed by atoms with E-state index < -0.39 is 11.9 Å². The van der Waals surface area contributed by atoms with Crippen molar-refractivity contribution in [1.29, 1.82) is 0 Å². The summed E-state index contributed by atoms with van der Waals surface area (Å²) in [5, 5.41) is 10.0. The molecule has 0 spiro atoms. The van der Waals surface area contributed by atoms with E-state index >= 15 is 0 Å². The van der Waals surface area contributed by atoms with Crippen LogP contribution in [0.4, 0.5) is 0 Å². The zero-order valence-corrected chi connectivity index (χ0v) is 11.9. The Balaban J connectivity index is 1.97. The summed E-state index contributed by atoms with van der Waals surface area (Å²) in [6.45, 7) is 0.687. The van der Waals surface area contributed by atoms with Gasteiger partial charge in [0, 0.05) is 18.5 Å². The molecule has 1 aromatic heterocycles. The van der Waals surface area contributed by atoms with E-state index in [4.69, 9.17) is 16.7 Å². The molecule has 0 radical (unpaired) electrons. The van der Waals surface area contributed by atoms with Crippen LogP contribution in [-0.2, 0) is 4.79 Å². The average Bonchev–Trinajstić information content (AvgIpc) is 2.95. The fraction of sp³-hybridized carbons (Fsp3) is 0.267. The van der Waals surface area contributed by atoms with Crippen molar-refractivity contribution < 1.29 is 14.7 Å². The van der Waals surface area contributed by atoms with E-state index in [1.807, 2.05) is 18.2 Å².